The van der Waals surface area contributed by atoms with Gasteiger partial charge in [0.25, 0.3) is 5.69 Å². The van der Waals surface area contributed by atoms with Crippen molar-refractivity contribution in [3.05, 3.63) is 28.3 Å². The first-order valence-electron chi connectivity index (χ1n) is 6.99. The smallest absolute Gasteiger partial charge is 0.273 e. The number of nitrogens with zero attached hydrogens (tertiary/aromatic N) is 2. The molecule has 6 heteroatoms. The number of nitrogens with one attached hydrogen (secondary N) is 1. The topological polar surface area (TPSA) is 58.4 Å². The molecule has 0 radical (unpaired) electrons. The molecule has 2 rings (SSSR count). The minimum atomic E-state index is -0.315. The van der Waals surface area contributed by atoms with Crippen molar-refractivity contribution in [2.24, 2.45) is 0 Å². The molecule has 0 aromatic heterocycles. The second kappa shape index (κ2) is 6.83. The average molecular weight is 295 g/mol. The van der Waals surface area contributed by atoms with E-state index >= 15 is 0 Å². The van der Waals surface area contributed by atoms with E-state index in [0.717, 1.165) is 42.4 Å². The van der Waals surface area contributed by atoms with Crippen molar-refractivity contribution in [3.8, 4) is 0 Å². The van der Waals surface area contributed by atoms with Gasteiger partial charge in [0, 0.05) is 54.1 Å². The van der Waals surface area contributed by atoms with Gasteiger partial charge in [0.1, 0.15) is 0 Å². The van der Waals surface area contributed by atoms with E-state index in [0.29, 0.717) is 6.04 Å². The summed E-state index contributed by atoms with van der Waals surface area (Å²) in [6.45, 7) is 6.02. The van der Waals surface area contributed by atoms with E-state index in [2.05, 4.69) is 24.1 Å². The number of benzene rings is 1. The highest BCUT2D eigenvalue weighted by molar-refractivity contribution is 7.99. The quantitative estimate of drug-likeness (QED) is 0.667. The van der Waals surface area contributed by atoms with E-state index in [9.17, 15) is 10.1 Å². The van der Waals surface area contributed by atoms with Crippen LogP contribution in [0.1, 0.15) is 20.3 Å². The van der Waals surface area contributed by atoms with Gasteiger partial charge in [0.15, 0.2) is 0 Å². The predicted octanol–water partition coefficient (Wildman–Crippen LogP) is 3.36. The van der Waals surface area contributed by atoms with Crippen molar-refractivity contribution < 1.29 is 4.92 Å². The minimum absolute atomic E-state index is 0.159. The molecule has 0 amide bonds. The number of non-ortho nitro benzene ring substituents is 1. The Hall–Kier alpha value is -1.43. The molecule has 1 saturated heterocycles. The summed E-state index contributed by atoms with van der Waals surface area (Å²) in [5.41, 5.74) is 1.94. The highest BCUT2D eigenvalue weighted by Crippen LogP contribution is 2.30. The fraction of sp³-hybridized carbons (Fsp3) is 0.571. The van der Waals surface area contributed by atoms with E-state index < -0.39 is 0 Å². The van der Waals surface area contributed by atoms with Crippen LogP contribution in [0.5, 0.6) is 0 Å². The van der Waals surface area contributed by atoms with Crippen LogP contribution in [0.2, 0.25) is 0 Å². The fourth-order valence-electron chi connectivity index (χ4n) is 2.35. The number of hydrogen-bond donors (Lipinski definition) is 1. The van der Waals surface area contributed by atoms with Crippen LogP contribution in [0.15, 0.2) is 18.2 Å². The normalized spacial score (nSPS) is 18.9. The maximum Gasteiger partial charge on any atom is 0.273 e. The Morgan fingerprint density at radius 3 is 2.95 bits per heavy atom. The van der Waals surface area contributed by atoms with Crippen molar-refractivity contribution in [2.75, 3.05) is 34.8 Å². The van der Waals surface area contributed by atoms with Crippen LogP contribution in [-0.4, -0.2) is 35.6 Å². The van der Waals surface area contributed by atoms with Gasteiger partial charge >= 0.3 is 0 Å². The number of nitro groups is 1. The summed E-state index contributed by atoms with van der Waals surface area (Å²) in [7, 11) is 0. The van der Waals surface area contributed by atoms with Gasteiger partial charge in [-0.05, 0) is 19.4 Å². The molecule has 1 heterocycles. The first kappa shape index (κ1) is 15.0. The maximum atomic E-state index is 11.1. The molecule has 0 bridgehead atoms. The molecule has 0 aliphatic carbocycles. The molecule has 110 valence electrons. The molecule has 1 aliphatic rings. The average Bonchev–Trinajstić information content (AvgIpc) is 2.45. The van der Waals surface area contributed by atoms with Crippen LogP contribution in [0.3, 0.4) is 0 Å². The molecule has 1 aliphatic heterocycles. The molecule has 1 aromatic rings. The fourth-order valence-corrected chi connectivity index (χ4v) is 3.36. The molecule has 1 aromatic carbocycles. The van der Waals surface area contributed by atoms with Crippen molar-refractivity contribution in [2.45, 2.75) is 26.3 Å². The van der Waals surface area contributed by atoms with Gasteiger partial charge in [-0.25, -0.2) is 0 Å². The molecule has 1 N–H and O–H groups in total. The van der Waals surface area contributed by atoms with Gasteiger partial charge in [0.2, 0.25) is 0 Å². The highest BCUT2D eigenvalue weighted by Gasteiger charge is 2.21. The largest absolute Gasteiger partial charge is 0.385 e. The Kier molecular flexibility index (Phi) is 5.11. The third-order valence-corrected chi connectivity index (χ3v) is 4.58. The van der Waals surface area contributed by atoms with Crippen molar-refractivity contribution >= 4 is 28.8 Å². The lowest BCUT2D eigenvalue weighted by Crippen LogP contribution is -2.40. The zero-order chi connectivity index (χ0) is 14.5. The molecule has 20 heavy (non-hydrogen) atoms. The summed E-state index contributed by atoms with van der Waals surface area (Å²) in [5.74, 6) is 2.14. The van der Waals surface area contributed by atoms with Gasteiger partial charge in [0.05, 0.1) is 4.92 Å². The van der Waals surface area contributed by atoms with Crippen LogP contribution in [0.25, 0.3) is 0 Å². The highest BCUT2D eigenvalue weighted by atomic mass is 32.2. The molecular formula is C14H21N3O2S. The zero-order valence-electron chi connectivity index (χ0n) is 12.0. The molecular weight excluding hydrogens is 274 g/mol. The standard InChI is InChI=1S/C14H21N3O2S/c1-3-4-15-12-7-13(9-14(8-12)17(18)19)16-5-6-20-10-11(16)2/h7-9,11,15H,3-6,10H2,1-2H3. The van der Waals surface area contributed by atoms with E-state index in [1.807, 2.05) is 17.8 Å². The van der Waals surface area contributed by atoms with Crippen LogP contribution in [0.4, 0.5) is 17.1 Å². The molecule has 1 fully saturated rings. The summed E-state index contributed by atoms with van der Waals surface area (Å²) in [6, 6.07) is 5.73. The third kappa shape index (κ3) is 3.56. The Bertz CT molecular complexity index is 481. The van der Waals surface area contributed by atoms with Crippen molar-refractivity contribution in [1.29, 1.82) is 0 Å². The monoisotopic (exact) mass is 295 g/mol. The van der Waals surface area contributed by atoms with Gasteiger partial charge in [-0.15, -0.1) is 0 Å². The second-order valence-corrected chi connectivity index (χ2v) is 6.19. The minimum Gasteiger partial charge on any atom is -0.385 e. The Morgan fingerprint density at radius 1 is 1.50 bits per heavy atom. The lowest BCUT2D eigenvalue weighted by molar-refractivity contribution is -0.384. The van der Waals surface area contributed by atoms with Gasteiger partial charge in [-0.3, -0.25) is 10.1 Å². The van der Waals surface area contributed by atoms with Gasteiger partial charge < -0.3 is 10.2 Å². The molecule has 0 spiro atoms. The van der Waals surface area contributed by atoms with Crippen LogP contribution >= 0.6 is 11.8 Å². The molecule has 1 unspecified atom stereocenters. The SMILES string of the molecule is CCCNc1cc(N2CCSCC2C)cc([N+](=O)[O-])c1. The number of thioether (sulfide) groups is 1. The van der Waals surface area contributed by atoms with E-state index in [-0.39, 0.29) is 10.6 Å². The lowest BCUT2D eigenvalue weighted by Gasteiger charge is -2.35. The number of anilines is 2. The van der Waals surface area contributed by atoms with Crippen LogP contribution < -0.4 is 10.2 Å². The van der Waals surface area contributed by atoms with Crippen molar-refractivity contribution in [1.82, 2.24) is 0 Å². The van der Waals surface area contributed by atoms with E-state index in [1.165, 1.54) is 0 Å². The van der Waals surface area contributed by atoms with Gasteiger partial charge in [-0.2, -0.15) is 11.8 Å². The summed E-state index contributed by atoms with van der Waals surface area (Å²) >= 11 is 1.94. The van der Waals surface area contributed by atoms with E-state index in [1.54, 1.807) is 12.1 Å². The second-order valence-electron chi connectivity index (χ2n) is 5.04. The Labute approximate surface area is 123 Å². The van der Waals surface area contributed by atoms with E-state index in [4.69, 9.17) is 0 Å². The van der Waals surface area contributed by atoms with Gasteiger partial charge in [-0.1, -0.05) is 6.92 Å². The third-order valence-electron chi connectivity index (χ3n) is 3.39. The first-order valence-corrected chi connectivity index (χ1v) is 8.15. The Balaban J connectivity index is 2.30. The number of nitro benzene ring substituents is 1. The predicted molar refractivity (Wildman–Crippen MR) is 86.0 cm³/mol. The first-order chi connectivity index (χ1) is 9.61. The molecule has 1 atom stereocenters. The van der Waals surface area contributed by atoms with Crippen LogP contribution in [-0.2, 0) is 0 Å². The maximum absolute atomic E-state index is 11.1. The van der Waals surface area contributed by atoms with Crippen molar-refractivity contribution in [3.63, 3.8) is 0 Å². The summed E-state index contributed by atoms with van der Waals surface area (Å²) in [4.78, 5) is 13.0. The zero-order valence-corrected chi connectivity index (χ0v) is 12.8. The van der Waals surface area contributed by atoms with Crippen LogP contribution in [0, 0.1) is 10.1 Å². The number of rotatable bonds is 5. The molecule has 0 saturated carbocycles. The summed E-state index contributed by atoms with van der Waals surface area (Å²) < 4.78 is 0. The molecule has 5 nitrogen and oxygen atoms in total. The lowest BCUT2D eigenvalue weighted by atomic mass is 10.2. The summed E-state index contributed by atoms with van der Waals surface area (Å²) in [6.07, 6.45) is 0.995. The number of hydrogen-bond acceptors (Lipinski definition) is 5. The summed E-state index contributed by atoms with van der Waals surface area (Å²) in [5, 5.41) is 14.3. The Morgan fingerprint density at radius 2 is 2.30 bits per heavy atom.